The van der Waals surface area contributed by atoms with Crippen molar-refractivity contribution in [3.8, 4) is 11.5 Å². The van der Waals surface area contributed by atoms with E-state index < -0.39 is 0 Å². The van der Waals surface area contributed by atoms with E-state index in [9.17, 15) is 9.59 Å². The SMILES string of the molecule is Cc1ccc(Oc2cnn(C)c(=O)c2Nc2cccc(C(=O)NCCN(C)C)c2)cc1C. The van der Waals surface area contributed by atoms with E-state index in [0.29, 0.717) is 29.3 Å². The van der Waals surface area contributed by atoms with Crippen LogP contribution in [0.1, 0.15) is 21.5 Å². The fraction of sp³-hybridized carbons (Fsp3) is 0.292. The molecule has 0 aliphatic heterocycles. The lowest BCUT2D eigenvalue weighted by Gasteiger charge is -2.14. The number of benzene rings is 2. The zero-order valence-electron chi connectivity index (χ0n) is 19.1. The summed E-state index contributed by atoms with van der Waals surface area (Å²) in [5.41, 5.74) is 3.23. The molecule has 2 N–H and O–H groups in total. The highest BCUT2D eigenvalue weighted by atomic mass is 16.5. The summed E-state index contributed by atoms with van der Waals surface area (Å²) in [5.74, 6) is 0.738. The molecule has 32 heavy (non-hydrogen) atoms. The third kappa shape index (κ3) is 5.73. The molecule has 2 aromatic carbocycles. The molecular formula is C24H29N5O3. The van der Waals surface area contributed by atoms with Crippen molar-refractivity contribution in [3.05, 3.63) is 75.7 Å². The van der Waals surface area contributed by atoms with Crippen LogP contribution < -0.4 is 20.9 Å². The normalized spacial score (nSPS) is 10.8. The van der Waals surface area contributed by atoms with Crippen molar-refractivity contribution >= 4 is 17.3 Å². The summed E-state index contributed by atoms with van der Waals surface area (Å²) in [6.07, 6.45) is 1.50. The molecule has 0 spiro atoms. The number of nitrogens with one attached hydrogen (secondary N) is 2. The Labute approximate surface area is 187 Å². The highest BCUT2D eigenvalue weighted by molar-refractivity contribution is 5.95. The summed E-state index contributed by atoms with van der Waals surface area (Å²) in [6, 6.07) is 12.7. The number of ether oxygens (including phenoxy) is 1. The minimum absolute atomic E-state index is 0.176. The van der Waals surface area contributed by atoms with E-state index in [1.165, 1.54) is 10.9 Å². The molecule has 1 amide bonds. The van der Waals surface area contributed by atoms with Gasteiger partial charge in [-0.3, -0.25) is 9.59 Å². The van der Waals surface area contributed by atoms with Gasteiger partial charge >= 0.3 is 0 Å². The van der Waals surface area contributed by atoms with Gasteiger partial charge in [0.05, 0.1) is 6.20 Å². The average Bonchev–Trinajstić information content (AvgIpc) is 2.76. The molecule has 8 nitrogen and oxygen atoms in total. The van der Waals surface area contributed by atoms with Gasteiger partial charge in [-0.15, -0.1) is 0 Å². The number of carbonyl (C=O) groups excluding carboxylic acids is 1. The fourth-order valence-corrected chi connectivity index (χ4v) is 3.00. The minimum Gasteiger partial charge on any atom is -0.453 e. The zero-order valence-corrected chi connectivity index (χ0v) is 19.1. The first-order chi connectivity index (χ1) is 15.2. The number of hydrogen-bond acceptors (Lipinski definition) is 6. The second-order valence-corrected chi connectivity index (χ2v) is 7.93. The maximum absolute atomic E-state index is 12.8. The highest BCUT2D eigenvalue weighted by Crippen LogP contribution is 2.29. The molecule has 0 radical (unpaired) electrons. The number of carbonyl (C=O) groups is 1. The smallest absolute Gasteiger partial charge is 0.294 e. The van der Waals surface area contributed by atoms with E-state index in [2.05, 4.69) is 15.7 Å². The molecule has 1 aromatic heterocycles. The van der Waals surface area contributed by atoms with Crippen LogP contribution in [-0.2, 0) is 7.05 Å². The van der Waals surface area contributed by atoms with Gasteiger partial charge < -0.3 is 20.3 Å². The lowest BCUT2D eigenvalue weighted by atomic mass is 10.1. The summed E-state index contributed by atoms with van der Waals surface area (Å²) < 4.78 is 7.21. The largest absolute Gasteiger partial charge is 0.453 e. The predicted octanol–water partition coefficient (Wildman–Crippen LogP) is 3.22. The number of amides is 1. The van der Waals surface area contributed by atoms with Gasteiger partial charge in [0.15, 0.2) is 11.4 Å². The lowest BCUT2D eigenvalue weighted by molar-refractivity contribution is 0.0951. The maximum atomic E-state index is 12.8. The maximum Gasteiger partial charge on any atom is 0.294 e. The molecule has 0 aliphatic carbocycles. The molecule has 0 bridgehead atoms. The van der Waals surface area contributed by atoms with Gasteiger partial charge in [0, 0.05) is 31.4 Å². The Balaban J connectivity index is 1.85. The number of likely N-dealkylation sites (N-methyl/N-ethyl adjacent to an activating group) is 1. The number of hydrogen-bond donors (Lipinski definition) is 2. The third-order valence-corrected chi connectivity index (χ3v) is 5.05. The molecule has 3 rings (SSSR count). The van der Waals surface area contributed by atoms with Crippen molar-refractivity contribution in [1.29, 1.82) is 0 Å². The van der Waals surface area contributed by atoms with Crippen LogP contribution >= 0.6 is 0 Å². The molecule has 0 aliphatic rings. The summed E-state index contributed by atoms with van der Waals surface area (Å²) in [6.45, 7) is 5.31. The molecule has 0 unspecified atom stereocenters. The van der Waals surface area contributed by atoms with E-state index in [0.717, 1.165) is 17.7 Å². The van der Waals surface area contributed by atoms with Crippen LogP contribution in [0.3, 0.4) is 0 Å². The summed E-state index contributed by atoms with van der Waals surface area (Å²) in [7, 11) is 5.47. The van der Waals surface area contributed by atoms with Crippen LogP contribution in [-0.4, -0.2) is 47.8 Å². The molecule has 8 heteroatoms. The molecule has 0 atom stereocenters. The molecule has 0 saturated carbocycles. The van der Waals surface area contributed by atoms with Gasteiger partial charge in [-0.2, -0.15) is 5.10 Å². The molecule has 0 saturated heterocycles. The fourth-order valence-electron chi connectivity index (χ4n) is 3.00. The Morgan fingerprint density at radius 3 is 2.62 bits per heavy atom. The Kier molecular flexibility index (Phi) is 7.27. The Morgan fingerprint density at radius 2 is 1.91 bits per heavy atom. The lowest BCUT2D eigenvalue weighted by Crippen LogP contribution is -2.31. The topological polar surface area (TPSA) is 88.5 Å². The van der Waals surface area contributed by atoms with Crippen molar-refractivity contribution in [3.63, 3.8) is 0 Å². The number of aryl methyl sites for hydroxylation is 3. The molecule has 0 fully saturated rings. The first-order valence-electron chi connectivity index (χ1n) is 10.4. The number of nitrogens with zero attached hydrogens (tertiary/aromatic N) is 3. The molecule has 3 aromatic rings. The summed E-state index contributed by atoms with van der Waals surface area (Å²) >= 11 is 0. The second-order valence-electron chi connectivity index (χ2n) is 7.93. The van der Waals surface area contributed by atoms with Crippen LogP contribution in [0.4, 0.5) is 11.4 Å². The summed E-state index contributed by atoms with van der Waals surface area (Å²) in [4.78, 5) is 27.3. The van der Waals surface area contributed by atoms with E-state index in [4.69, 9.17) is 4.74 Å². The van der Waals surface area contributed by atoms with Crippen molar-refractivity contribution < 1.29 is 9.53 Å². The highest BCUT2D eigenvalue weighted by Gasteiger charge is 2.14. The first-order valence-corrected chi connectivity index (χ1v) is 10.4. The monoisotopic (exact) mass is 435 g/mol. The third-order valence-electron chi connectivity index (χ3n) is 5.05. The predicted molar refractivity (Wildman–Crippen MR) is 126 cm³/mol. The number of anilines is 2. The second kappa shape index (κ2) is 10.1. The van der Waals surface area contributed by atoms with Crippen LogP contribution in [0.15, 0.2) is 53.5 Å². The van der Waals surface area contributed by atoms with Crippen LogP contribution in [0.5, 0.6) is 11.5 Å². The Morgan fingerprint density at radius 1 is 1.12 bits per heavy atom. The summed E-state index contributed by atoms with van der Waals surface area (Å²) in [5, 5.41) is 10.1. The van der Waals surface area contributed by atoms with Gasteiger partial charge in [-0.25, -0.2) is 4.68 Å². The number of rotatable bonds is 8. The van der Waals surface area contributed by atoms with Gasteiger partial charge in [-0.05, 0) is 69.4 Å². The number of aromatic nitrogens is 2. The Bertz CT molecular complexity index is 1170. The van der Waals surface area contributed by atoms with E-state index in [-0.39, 0.29) is 17.2 Å². The van der Waals surface area contributed by atoms with Crippen LogP contribution in [0, 0.1) is 13.8 Å². The quantitative estimate of drug-likeness (QED) is 0.565. The van der Waals surface area contributed by atoms with Crippen LogP contribution in [0.25, 0.3) is 0 Å². The van der Waals surface area contributed by atoms with Crippen molar-refractivity contribution in [1.82, 2.24) is 20.0 Å². The van der Waals surface area contributed by atoms with E-state index in [1.54, 1.807) is 31.3 Å². The zero-order chi connectivity index (χ0) is 23.3. The van der Waals surface area contributed by atoms with Crippen LogP contribution in [0.2, 0.25) is 0 Å². The Hall–Kier alpha value is -3.65. The van der Waals surface area contributed by atoms with Crippen molar-refractivity contribution in [2.75, 3.05) is 32.5 Å². The van der Waals surface area contributed by atoms with E-state index >= 15 is 0 Å². The van der Waals surface area contributed by atoms with Gasteiger partial charge in [-0.1, -0.05) is 12.1 Å². The van der Waals surface area contributed by atoms with Gasteiger partial charge in [0.1, 0.15) is 5.75 Å². The van der Waals surface area contributed by atoms with Gasteiger partial charge in [0.25, 0.3) is 11.5 Å². The molecule has 1 heterocycles. The minimum atomic E-state index is -0.341. The van der Waals surface area contributed by atoms with Crippen molar-refractivity contribution in [2.45, 2.75) is 13.8 Å². The van der Waals surface area contributed by atoms with E-state index in [1.807, 2.05) is 51.0 Å². The van der Waals surface area contributed by atoms with Gasteiger partial charge in [0.2, 0.25) is 0 Å². The standard InChI is InChI=1S/C24H29N5O3/c1-16-9-10-20(13-17(16)2)32-21-15-26-29(5)24(31)22(21)27-19-8-6-7-18(14-19)23(30)25-11-12-28(3)4/h6-10,13-15,27H,11-12H2,1-5H3,(H,25,30). The molecular weight excluding hydrogens is 406 g/mol. The van der Waals surface area contributed by atoms with Crippen molar-refractivity contribution in [2.24, 2.45) is 7.05 Å². The average molecular weight is 436 g/mol. The first kappa shape index (κ1) is 23.0. The molecule has 168 valence electrons.